The Bertz CT molecular complexity index is 1380. The Balaban J connectivity index is 1.54. The molecule has 0 saturated carbocycles. The molecule has 0 aliphatic rings. The summed E-state index contributed by atoms with van der Waals surface area (Å²) in [7, 11) is 0. The molecule has 0 bridgehead atoms. The number of carbonyl (C=O) groups excluding carboxylic acids is 2. The molecule has 0 atom stereocenters. The van der Waals surface area contributed by atoms with Gasteiger partial charge in [-0.2, -0.15) is 13.2 Å². The minimum absolute atomic E-state index is 0.0884. The number of hydrogen-bond donors (Lipinski definition) is 1. The van der Waals surface area contributed by atoms with Crippen molar-refractivity contribution in [3.05, 3.63) is 107 Å². The van der Waals surface area contributed by atoms with Crippen LogP contribution in [0.5, 0.6) is 0 Å². The molecule has 1 heterocycles. The monoisotopic (exact) mass is 521 g/mol. The van der Waals surface area contributed by atoms with Gasteiger partial charge in [-0.1, -0.05) is 61.5 Å². The molecule has 5 nitrogen and oxygen atoms in total. The van der Waals surface area contributed by atoms with Crippen LogP contribution in [0.4, 0.5) is 13.2 Å². The van der Waals surface area contributed by atoms with Gasteiger partial charge >= 0.3 is 6.18 Å². The number of benzene rings is 3. The number of halogens is 3. The third-order valence-electron chi connectivity index (χ3n) is 6.44. The van der Waals surface area contributed by atoms with E-state index in [4.69, 9.17) is 0 Å². The molecule has 0 fully saturated rings. The van der Waals surface area contributed by atoms with Crippen LogP contribution >= 0.6 is 0 Å². The number of rotatable bonds is 10. The lowest BCUT2D eigenvalue weighted by Gasteiger charge is -2.28. The van der Waals surface area contributed by atoms with Gasteiger partial charge in [0, 0.05) is 42.3 Å². The van der Waals surface area contributed by atoms with Gasteiger partial charge < -0.3 is 14.8 Å². The van der Waals surface area contributed by atoms with Gasteiger partial charge in [0.2, 0.25) is 5.91 Å². The maximum Gasteiger partial charge on any atom is 0.416 e. The fourth-order valence-corrected chi connectivity index (χ4v) is 4.49. The summed E-state index contributed by atoms with van der Waals surface area (Å²) >= 11 is 0. The van der Waals surface area contributed by atoms with E-state index in [9.17, 15) is 22.8 Å². The van der Waals surface area contributed by atoms with Gasteiger partial charge in [0.15, 0.2) is 0 Å². The molecule has 0 aliphatic heterocycles. The number of aromatic nitrogens is 1. The van der Waals surface area contributed by atoms with E-state index in [-0.39, 0.29) is 24.6 Å². The second-order valence-corrected chi connectivity index (χ2v) is 9.22. The highest BCUT2D eigenvalue weighted by molar-refractivity contribution is 5.96. The normalized spacial score (nSPS) is 11.5. The van der Waals surface area contributed by atoms with Crippen molar-refractivity contribution in [2.45, 2.75) is 32.5 Å². The molecule has 4 aromatic rings. The number of fused-ring (bicyclic) bond motifs is 1. The molecule has 1 N–H and O–H groups in total. The number of nitrogens with zero attached hydrogens (tertiary/aromatic N) is 2. The van der Waals surface area contributed by atoms with E-state index < -0.39 is 17.6 Å². The number of nitrogens with one attached hydrogen (secondary N) is 1. The molecular weight excluding hydrogens is 491 g/mol. The van der Waals surface area contributed by atoms with Crippen LogP contribution in [0, 0.1) is 0 Å². The Labute approximate surface area is 219 Å². The molecule has 4 rings (SSSR count). The zero-order chi connectivity index (χ0) is 27.1. The molecule has 38 heavy (non-hydrogen) atoms. The van der Waals surface area contributed by atoms with Gasteiger partial charge in [-0.05, 0) is 48.2 Å². The van der Waals surface area contributed by atoms with E-state index in [1.807, 2.05) is 67.7 Å². The summed E-state index contributed by atoms with van der Waals surface area (Å²) in [6, 6.07) is 21.9. The summed E-state index contributed by atoms with van der Waals surface area (Å²) in [5, 5.41) is 1.09. The number of aromatic amines is 1. The molecule has 0 radical (unpaired) electrons. The van der Waals surface area contributed by atoms with E-state index in [0.717, 1.165) is 34.2 Å². The number of H-pyrrole nitrogens is 1. The van der Waals surface area contributed by atoms with Crippen LogP contribution in [0.3, 0.4) is 0 Å². The molecule has 8 heteroatoms. The highest BCUT2D eigenvalue weighted by Gasteiger charge is 2.31. The summed E-state index contributed by atoms with van der Waals surface area (Å²) in [6.07, 6.45) is -1.45. The molecule has 0 unspecified atom stereocenters. The summed E-state index contributed by atoms with van der Waals surface area (Å²) in [6.45, 7) is 2.68. The maximum absolute atomic E-state index is 13.6. The summed E-state index contributed by atoms with van der Waals surface area (Å²) < 4.78 is 39.6. The van der Waals surface area contributed by atoms with Crippen LogP contribution in [-0.2, 0) is 23.9 Å². The van der Waals surface area contributed by atoms with Crippen LogP contribution < -0.4 is 0 Å². The predicted molar refractivity (Wildman–Crippen MR) is 142 cm³/mol. The first-order valence-electron chi connectivity index (χ1n) is 12.6. The number of hydrogen-bond acceptors (Lipinski definition) is 2. The van der Waals surface area contributed by atoms with Crippen molar-refractivity contribution < 1.29 is 22.8 Å². The summed E-state index contributed by atoms with van der Waals surface area (Å²) in [5.74, 6) is -0.856. The van der Waals surface area contributed by atoms with Crippen molar-refractivity contribution in [3.8, 4) is 0 Å². The highest BCUT2D eigenvalue weighted by Crippen LogP contribution is 2.30. The SMILES string of the molecule is CCCN(CC(=O)N(CCc1c[nH]c2ccccc12)Cc1ccccc1)C(=O)c1cccc(C(F)(F)F)c1. The van der Waals surface area contributed by atoms with Crippen molar-refractivity contribution in [3.63, 3.8) is 0 Å². The Hall–Kier alpha value is -4.07. The van der Waals surface area contributed by atoms with Gasteiger partial charge in [0.25, 0.3) is 5.91 Å². The lowest BCUT2D eigenvalue weighted by molar-refractivity contribution is -0.137. The smallest absolute Gasteiger partial charge is 0.361 e. The van der Waals surface area contributed by atoms with Crippen molar-refractivity contribution in [2.75, 3.05) is 19.6 Å². The Kier molecular flexibility index (Phi) is 8.51. The maximum atomic E-state index is 13.6. The van der Waals surface area contributed by atoms with E-state index in [1.165, 1.54) is 17.0 Å². The minimum atomic E-state index is -4.56. The Morgan fingerprint density at radius 2 is 1.61 bits per heavy atom. The number of para-hydroxylation sites is 1. The third kappa shape index (κ3) is 6.62. The minimum Gasteiger partial charge on any atom is -0.361 e. The zero-order valence-electron chi connectivity index (χ0n) is 21.2. The number of carbonyl (C=O) groups is 2. The van der Waals surface area contributed by atoms with Crippen molar-refractivity contribution in [1.82, 2.24) is 14.8 Å². The average molecular weight is 522 g/mol. The first-order valence-corrected chi connectivity index (χ1v) is 12.6. The summed E-state index contributed by atoms with van der Waals surface area (Å²) in [4.78, 5) is 33.1. The second-order valence-electron chi connectivity index (χ2n) is 9.22. The average Bonchev–Trinajstić information content (AvgIpc) is 3.33. The summed E-state index contributed by atoms with van der Waals surface area (Å²) in [5.41, 5.74) is 2.07. The Morgan fingerprint density at radius 1 is 0.868 bits per heavy atom. The van der Waals surface area contributed by atoms with Gasteiger partial charge in [0.05, 0.1) is 5.56 Å². The molecule has 0 aliphatic carbocycles. The van der Waals surface area contributed by atoms with E-state index in [2.05, 4.69) is 4.98 Å². The molecule has 3 aromatic carbocycles. The fraction of sp³-hybridized carbons (Fsp3) is 0.267. The number of amides is 2. The zero-order valence-corrected chi connectivity index (χ0v) is 21.2. The molecule has 2 amide bonds. The molecule has 198 valence electrons. The molecule has 0 saturated heterocycles. The lowest BCUT2D eigenvalue weighted by Crippen LogP contribution is -2.43. The third-order valence-corrected chi connectivity index (χ3v) is 6.44. The first-order chi connectivity index (χ1) is 18.3. The molecular formula is C30H30F3N3O2. The van der Waals surface area contributed by atoms with Crippen molar-refractivity contribution in [1.29, 1.82) is 0 Å². The molecule has 1 aromatic heterocycles. The van der Waals surface area contributed by atoms with E-state index in [0.29, 0.717) is 25.9 Å². The first kappa shape index (κ1) is 27.0. The van der Waals surface area contributed by atoms with Gasteiger partial charge in [-0.25, -0.2) is 0 Å². The number of alkyl halides is 3. The van der Waals surface area contributed by atoms with Crippen LogP contribution in [0.25, 0.3) is 10.9 Å². The largest absolute Gasteiger partial charge is 0.416 e. The van der Waals surface area contributed by atoms with E-state index >= 15 is 0 Å². The van der Waals surface area contributed by atoms with Crippen LogP contribution in [-0.4, -0.2) is 46.2 Å². The molecule has 0 spiro atoms. The standard InChI is InChI=1S/C30H30F3N3O2/c1-2-16-36(29(38)23-11-8-12-25(18-23)30(31,32)33)21-28(37)35(20-22-9-4-3-5-10-22)17-15-24-19-34-27-14-7-6-13-26(24)27/h3-14,18-19,34H,2,15-17,20-21H2,1H3. The van der Waals surface area contributed by atoms with Gasteiger partial charge in [0.1, 0.15) is 6.54 Å². The van der Waals surface area contributed by atoms with Crippen LogP contribution in [0.15, 0.2) is 85.1 Å². The predicted octanol–water partition coefficient (Wildman–Crippen LogP) is 6.31. The second kappa shape index (κ2) is 12.0. The van der Waals surface area contributed by atoms with Crippen LogP contribution in [0.2, 0.25) is 0 Å². The highest BCUT2D eigenvalue weighted by atomic mass is 19.4. The quantitative estimate of drug-likeness (QED) is 0.266. The van der Waals surface area contributed by atoms with Gasteiger partial charge in [-0.15, -0.1) is 0 Å². The Morgan fingerprint density at radius 3 is 2.34 bits per heavy atom. The fourth-order valence-electron chi connectivity index (χ4n) is 4.49. The van der Waals surface area contributed by atoms with Crippen molar-refractivity contribution >= 4 is 22.7 Å². The van der Waals surface area contributed by atoms with Crippen molar-refractivity contribution in [2.24, 2.45) is 0 Å². The van der Waals surface area contributed by atoms with Crippen LogP contribution in [0.1, 0.15) is 40.4 Å². The topological polar surface area (TPSA) is 56.4 Å². The van der Waals surface area contributed by atoms with Gasteiger partial charge in [-0.3, -0.25) is 9.59 Å². The lowest BCUT2D eigenvalue weighted by atomic mass is 10.1. The van der Waals surface area contributed by atoms with E-state index in [1.54, 1.807) is 4.90 Å².